The van der Waals surface area contributed by atoms with Crippen molar-refractivity contribution in [2.45, 2.75) is 31.7 Å². The Morgan fingerprint density at radius 3 is 2.36 bits per heavy atom. The number of hydrogen-bond acceptors (Lipinski definition) is 9. The van der Waals surface area contributed by atoms with Crippen LogP contribution in [0.2, 0.25) is 0 Å². The monoisotopic (exact) mass is 727 g/mol. The molecular weight excluding hydrogens is 687 g/mol. The molecule has 17 heteroatoms. The van der Waals surface area contributed by atoms with Crippen molar-refractivity contribution < 1.29 is 103 Å². The van der Waals surface area contributed by atoms with Crippen molar-refractivity contribution in [3.63, 3.8) is 0 Å². The number of carbonyl (C=O) groups excluding carboxylic acids is 3. The van der Waals surface area contributed by atoms with Crippen LogP contribution in [0.1, 0.15) is 18.1 Å². The van der Waals surface area contributed by atoms with Crippen LogP contribution in [0.15, 0.2) is 85.5 Å². The molecule has 1 aliphatic heterocycles. The quantitative estimate of drug-likeness (QED) is 0.0523. The fourth-order valence-corrected chi connectivity index (χ4v) is 5.79. The molecule has 1 fully saturated rings. The van der Waals surface area contributed by atoms with Crippen molar-refractivity contribution in [3.8, 4) is 17.2 Å². The van der Waals surface area contributed by atoms with E-state index in [4.69, 9.17) is 14.4 Å². The van der Waals surface area contributed by atoms with Gasteiger partial charge < -0.3 is 51.0 Å². The number of carbonyl (C=O) groups is 3. The SMILES string of the molecule is C=CCNCC(=O)N1[C@@H](NC(=O)NCc2ccccc2)CN(Cc2cccc(OC)c2OC)C(=O)[C@@H]1Cc1ccc(OP(=O)([O-])O)cc1.[H-].[Na+].[Na+]. The molecule has 14 nitrogen and oxygen atoms in total. The molecule has 0 spiro atoms. The summed E-state index contributed by atoms with van der Waals surface area (Å²) in [6, 6.07) is 18.7. The molecule has 0 radical (unpaired) electrons. The van der Waals surface area contributed by atoms with E-state index in [1.807, 2.05) is 30.3 Å². The van der Waals surface area contributed by atoms with Gasteiger partial charge in [-0.15, -0.1) is 6.58 Å². The van der Waals surface area contributed by atoms with Gasteiger partial charge in [-0.3, -0.25) is 14.2 Å². The first-order chi connectivity index (χ1) is 23.0. The summed E-state index contributed by atoms with van der Waals surface area (Å²) in [5, 5.41) is 8.68. The van der Waals surface area contributed by atoms with E-state index in [1.54, 1.807) is 29.2 Å². The Morgan fingerprint density at radius 2 is 1.74 bits per heavy atom. The second-order valence-electron chi connectivity index (χ2n) is 10.8. The first-order valence-electron chi connectivity index (χ1n) is 15.0. The van der Waals surface area contributed by atoms with Crippen LogP contribution in [0.25, 0.3) is 0 Å². The number of phosphoric acid groups is 1. The summed E-state index contributed by atoms with van der Waals surface area (Å²) in [5.74, 6) is -0.0350. The average molecular weight is 728 g/mol. The van der Waals surface area contributed by atoms with Gasteiger partial charge in [-0.25, -0.2) is 4.79 Å². The summed E-state index contributed by atoms with van der Waals surface area (Å²) in [6.07, 6.45) is 0.663. The van der Waals surface area contributed by atoms with Gasteiger partial charge in [-0.1, -0.05) is 60.7 Å². The van der Waals surface area contributed by atoms with E-state index in [1.165, 1.54) is 43.4 Å². The first kappa shape index (κ1) is 43.3. The molecule has 258 valence electrons. The molecule has 1 aliphatic rings. The zero-order valence-electron chi connectivity index (χ0n) is 29.7. The fraction of sp³-hybridized carbons (Fsp3) is 0.303. The number of piperazine rings is 1. The van der Waals surface area contributed by atoms with E-state index in [-0.39, 0.29) is 105 Å². The Morgan fingerprint density at radius 1 is 1.04 bits per heavy atom. The molecule has 50 heavy (non-hydrogen) atoms. The van der Waals surface area contributed by atoms with Gasteiger partial charge in [-0.2, -0.15) is 0 Å². The summed E-state index contributed by atoms with van der Waals surface area (Å²) >= 11 is 0. The Hall–Kier alpha value is -2.88. The van der Waals surface area contributed by atoms with E-state index in [2.05, 4.69) is 27.1 Å². The number of rotatable bonds is 15. The van der Waals surface area contributed by atoms with Crippen molar-refractivity contribution >= 4 is 25.7 Å². The third-order valence-corrected chi connectivity index (χ3v) is 7.97. The van der Waals surface area contributed by atoms with Crippen molar-refractivity contribution in [2.24, 2.45) is 0 Å². The number of hydrogen-bond donors (Lipinski definition) is 4. The standard InChI is InChI=1S/C33H40N5O9P.2Na.H/c1-4-17-34-20-30(39)38-27(18-23-13-15-26(16-14-23)47-48(42,43)44)32(40)37(21-25-11-8-12-28(45-2)31(25)46-3)22-29(38)36-33(41)35-19-24-9-6-5-7-10-24;;;/h4-16,27,29,34H,1,17-22H2,2-3H3,(H2,35,36,41)(H2,42,43,44);;;/q;2*+1;-1/p-1/t27-,29+;;;/m0.../s1. The summed E-state index contributed by atoms with van der Waals surface area (Å²) in [6.45, 7) is 4.15. The van der Waals surface area contributed by atoms with Crippen molar-refractivity contribution in [2.75, 3.05) is 33.9 Å². The van der Waals surface area contributed by atoms with E-state index in [9.17, 15) is 23.8 Å². The van der Waals surface area contributed by atoms with Crippen molar-refractivity contribution in [1.82, 2.24) is 25.8 Å². The van der Waals surface area contributed by atoms with Gasteiger partial charge in [0.05, 0.1) is 27.3 Å². The molecule has 1 saturated heterocycles. The number of phosphoric ester groups is 1. The molecule has 3 aromatic rings. The Bertz CT molecular complexity index is 1640. The maximum Gasteiger partial charge on any atom is 1.00 e. The van der Waals surface area contributed by atoms with Crippen LogP contribution in [-0.4, -0.2) is 78.6 Å². The van der Waals surface area contributed by atoms with Gasteiger partial charge in [-0.05, 0) is 29.3 Å². The Kier molecular flexibility index (Phi) is 18.0. The summed E-state index contributed by atoms with van der Waals surface area (Å²) in [5.41, 5.74) is 2.08. The predicted molar refractivity (Wildman–Crippen MR) is 176 cm³/mol. The van der Waals surface area contributed by atoms with Crippen LogP contribution in [0.4, 0.5) is 4.79 Å². The number of nitrogens with one attached hydrogen (secondary N) is 3. The van der Waals surface area contributed by atoms with Gasteiger partial charge in [0.25, 0.3) is 0 Å². The number of benzene rings is 3. The number of methoxy groups -OCH3 is 2. The van der Waals surface area contributed by atoms with Crippen molar-refractivity contribution in [1.29, 1.82) is 0 Å². The van der Waals surface area contributed by atoms with Gasteiger partial charge in [0, 0.05) is 31.6 Å². The van der Waals surface area contributed by atoms with Gasteiger partial charge >= 0.3 is 73.0 Å². The maximum atomic E-state index is 14.3. The first-order valence-corrected chi connectivity index (χ1v) is 16.5. The normalized spacial score (nSPS) is 16.5. The van der Waals surface area contributed by atoms with Crippen LogP contribution < -0.4 is 94.0 Å². The summed E-state index contributed by atoms with van der Waals surface area (Å²) in [7, 11) is -2.02. The molecular formula is C33H40N5Na2O9P. The van der Waals surface area contributed by atoms with E-state index < -0.39 is 32.0 Å². The van der Waals surface area contributed by atoms with Crippen LogP contribution in [0.5, 0.6) is 17.2 Å². The summed E-state index contributed by atoms with van der Waals surface area (Å²) < 4.78 is 26.8. The van der Waals surface area contributed by atoms with E-state index in [0.29, 0.717) is 29.2 Å². The molecule has 3 atom stereocenters. The predicted octanol–water partition coefficient (Wildman–Crippen LogP) is -3.95. The number of amides is 4. The number of urea groups is 1. The van der Waals surface area contributed by atoms with E-state index in [0.717, 1.165) is 5.56 Å². The third kappa shape index (κ3) is 12.4. The minimum atomic E-state index is -5.03. The van der Waals surface area contributed by atoms with E-state index >= 15 is 0 Å². The number of nitrogens with zero attached hydrogens (tertiary/aromatic N) is 2. The zero-order valence-corrected chi connectivity index (χ0v) is 33.6. The molecule has 0 aliphatic carbocycles. The molecule has 4 N–H and O–H groups in total. The fourth-order valence-electron chi connectivity index (χ4n) is 5.40. The number of para-hydroxylation sites is 1. The molecule has 1 heterocycles. The molecule has 4 amide bonds. The topological polar surface area (TPSA) is 182 Å². The largest absolute Gasteiger partial charge is 1.00 e. The van der Waals surface area contributed by atoms with Crippen LogP contribution in [0.3, 0.4) is 0 Å². The van der Waals surface area contributed by atoms with Gasteiger partial charge in [0.1, 0.15) is 18.0 Å². The molecule has 1 unspecified atom stereocenters. The Balaban J connectivity index is 0.00000433. The van der Waals surface area contributed by atoms with Gasteiger partial charge in [0.15, 0.2) is 11.5 Å². The second-order valence-corrected chi connectivity index (χ2v) is 12.0. The second kappa shape index (κ2) is 20.8. The van der Waals surface area contributed by atoms with Gasteiger partial charge in [0.2, 0.25) is 11.8 Å². The minimum absolute atomic E-state index is 0. The molecule has 0 aromatic heterocycles. The molecule has 0 bridgehead atoms. The Labute approximate surface area is 337 Å². The maximum absolute atomic E-state index is 14.3. The summed E-state index contributed by atoms with van der Waals surface area (Å²) in [4.78, 5) is 64.5. The van der Waals surface area contributed by atoms with Crippen LogP contribution in [-0.2, 0) is 33.7 Å². The van der Waals surface area contributed by atoms with Crippen LogP contribution >= 0.6 is 7.82 Å². The smallest absolute Gasteiger partial charge is 1.00 e. The zero-order chi connectivity index (χ0) is 34.7. The van der Waals surface area contributed by atoms with Crippen molar-refractivity contribution in [3.05, 3.63) is 102 Å². The molecule has 3 aromatic carbocycles. The van der Waals surface area contributed by atoms with Crippen LogP contribution in [0, 0.1) is 0 Å². The molecule has 0 saturated carbocycles. The average Bonchev–Trinajstić information content (AvgIpc) is 3.06. The minimum Gasteiger partial charge on any atom is -1.00 e. The third-order valence-electron chi connectivity index (χ3n) is 7.53. The molecule has 4 rings (SSSR count). The number of ether oxygens (including phenoxy) is 2.